The number of benzene rings is 1. The number of methoxy groups -OCH3 is 1. The normalized spacial score (nSPS) is 11.8. The van der Waals surface area contributed by atoms with Gasteiger partial charge in [0.05, 0.1) is 6.61 Å². The van der Waals surface area contributed by atoms with E-state index in [4.69, 9.17) is 9.84 Å². The average molecular weight is 223 g/mol. The van der Waals surface area contributed by atoms with Crippen LogP contribution in [0.1, 0.15) is 17.2 Å². The van der Waals surface area contributed by atoms with Crippen molar-refractivity contribution in [2.24, 2.45) is 0 Å². The molecular weight excluding hydrogens is 210 g/mol. The molecule has 5 heteroatoms. The van der Waals surface area contributed by atoms with E-state index in [0.29, 0.717) is 18.6 Å². The summed E-state index contributed by atoms with van der Waals surface area (Å²) in [5, 5.41) is 11.2. The minimum atomic E-state index is -1.10. The minimum Gasteiger partial charge on any atom is -0.479 e. The molecule has 5 nitrogen and oxygen atoms in total. The number of carboxylic acids is 1. The van der Waals surface area contributed by atoms with E-state index >= 15 is 0 Å². The van der Waals surface area contributed by atoms with E-state index in [1.807, 2.05) is 0 Å². The Bertz CT molecular complexity index is 378. The summed E-state index contributed by atoms with van der Waals surface area (Å²) in [5.41, 5.74) is 1.27. The molecule has 0 saturated carbocycles. The molecule has 0 aromatic heterocycles. The van der Waals surface area contributed by atoms with Gasteiger partial charge in [-0.1, -0.05) is 24.3 Å². The summed E-state index contributed by atoms with van der Waals surface area (Å²) in [7, 11) is 1.53. The molecule has 1 unspecified atom stereocenters. The van der Waals surface area contributed by atoms with Crippen molar-refractivity contribution < 1.29 is 19.4 Å². The Morgan fingerprint density at radius 2 is 2.25 bits per heavy atom. The van der Waals surface area contributed by atoms with Crippen molar-refractivity contribution in [1.82, 2.24) is 5.32 Å². The maximum atomic E-state index is 11.0. The van der Waals surface area contributed by atoms with Crippen molar-refractivity contribution in [1.29, 1.82) is 0 Å². The molecule has 0 saturated heterocycles. The van der Waals surface area contributed by atoms with Crippen LogP contribution >= 0.6 is 0 Å². The van der Waals surface area contributed by atoms with Crippen LogP contribution in [0.5, 0.6) is 0 Å². The second-order valence-electron chi connectivity index (χ2n) is 3.19. The monoisotopic (exact) mass is 223 g/mol. The van der Waals surface area contributed by atoms with Crippen molar-refractivity contribution in [3.05, 3.63) is 35.4 Å². The molecule has 0 aliphatic heterocycles. The van der Waals surface area contributed by atoms with E-state index in [1.54, 1.807) is 24.3 Å². The van der Waals surface area contributed by atoms with Gasteiger partial charge in [0.2, 0.25) is 6.41 Å². The Labute approximate surface area is 93.0 Å². The van der Waals surface area contributed by atoms with Gasteiger partial charge >= 0.3 is 5.97 Å². The fourth-order valence-electron chi connectivity index (χ4n) is 1.46. The predicted molar refractivity (Wildman–Crippen MR) is 56.7 cm³/mol. The number of carboxylic acid groups (broad SMARTS) is 1. The first kappa shape index (κ1) is 12.2. The molecule has 2 N–H and O–H groups in total. The SMILES string of the molecule is COCc1ccccc1C(NC=O)C(=O)O. The second kappa shape index (κ2) is 5.87. The van der Waals surface area contributed by atoms with Crippen LogP contribution in [0, 0.1) is 0 Å². The van der Waals surface area contributed by atoms with E-state index in [1.165, 1.54) is 7.11 Å². The van der Waals surface area contributed by atoms with E-state index in [9.17, 15) is 9.59 Å². The first-order valence-corrected chi connectivity index (χ1v) is 4.70. The minimum absolute atomic E-state index is 0.306. The molecule has 0 aliphatic carbocycles. The molecule has 1 aromatic carbocycles. The summed E-state index contributed by atoms with van der Waals surface area (Å²) < 4.78 is 4.97. The number of nitrogens with one attached hydrogen (secondary N) is 1. The van der Waals surface area contributed by atoms with Gasteiger partial charge in [0.1, 0.15) is 0 Å². The Kier molecular flexibility index (Phi) is 4.47. The molecule has 0 radical (unpaired) electrons. The Morgan fingerprint density at radius 1 is 1.56 bits per heavy atom. The van der Waals surface area contributed by atoms with Gasteiger partial charge in [-0.2, -0.15) is 0 Å². The van der Waals surface area contributed by atoms with Gasteiger partial charge in [0.15, 0.2) is 6.04 Å². The summed E-state index contributed by atoms with van der Waals surface area (Å²) in [5.74, 6) is -1.10. The quantitative estimate of drug-likeness (QED) is 0.696. The number of carbonyl (C=O) groups excluding carboxylic acids is 1. The lowest BCUT2D eigenvalue weighted by molar-refractivity contribution is -0.140. The summed E-state index contributed by atoms with van der Waals surface area (Å²) in [6.07, 6.45) is 0.377. The van der Waals surface area contributed by atoms with Crippen LogP contribution in [0.15, 0.2) is 24.3 Å². The van der Waals surface area contributed by atoms with E-state index in [2.05, 4.69) is 5.32 Å². The van der Waals surface area contributed by atoms with Crippen LogP contribution in [0.3, 0.4) is 0 Å². The summed E-state index contributed by atoms with van der Waals surface area (Å²) >= 11 is 0. The molecular formula is C11H13NO4. The third-order valence-electron chi connectivity index (χ3n) is 2.15. The molecule has 1 aromatic rings. The molecule has 1 atom stereocenters. The molecule has 0 aliphatic rings. The number of rotatable bonds is 6. The van der Waals surface area contributed by atoms with Crippen molar-refractivity contribution in [3.8, 4) is 0 Å². The molecule has 0 bridgehead atoms. The number of aliphatic carboxylic acids is 1. The summed E-state index contributed by atoms with van der Waals surface area (Å²) in [6.45, 7) is 0.306. The highest BCUT2D eigenvalue weighted by atomic mass is 16.5. The zero-order valence-corrected chi connectivity index (χ0v) is 8.84. The molecule has 1 amide bonds. The van der Waals surface area contributed by atoms with Crippen LogP contribution in [0.4, 0.5) is 0 Å². The smallest absolute Gasteiger partial charge is 0.330 e. The second-order valence-corrected chi connectivity index (χ2v) is 3.19. The summed E-state index contributed by atoms with van der Waals surface area (Å²) in [6, 6.07) is 5.89. The zero-order chi connectivity index (χ0) is 12.0. The van der Waals surface area contributed by atoms with Crippen molar-refractivity contribution in [3.63, 3.8) is 0 Å². The number of carbonyl (C=O) groups is 2. The van der Waals surface area contributed by atoms with Crippen molar-refractivity contribution in [2.45, 2.75) is 12.6 Å². The van der Waals surface area contributed by atoms with Gasteiger partial charge < -0.3 is 15.2 Å². The van der Waals surface area contributed by atoms with E-state index in [0.717, 1.165) is 5.56 Å². The van der Waals surface area contributed by atoms with E-state index < -0.39 is 12.0 Å². The molecule has 0 spiro atoms. The fourth-order valence-corrected chi connectivity index (χ4v) is 1.46. The van der Waals surface area contributed by atoms with Gasteiger partial charge in [-0.3, -0.25) is 4.79 Å². The molecule has 0 heterocycles. The molecule has 1 rings (SSSR count). The molecule has 86 valence electrons. The van der Waals surface area contributed by atoms with Crippen LogP contribution in [-0.4, -0.2) is 24.6 Å². The standard InChI is InChI=1S/C11H13NO4/c1-16-6-8-4-2-3-5-9(8)10(11(14)15)12-7-13/h2-5,7,10H,6H2,1H3,(H,12,13)(H,14,15). The highest BCUT2D eigenvalue weighted by Gasteiger charge is 2.21. The first-order valence-electron chi connectivity index (χ1n) is 4.70. The maximum absolute atomic E-state index is 11.0. The van der Waals surface area contributed by atoms with E-state index in [-0.39, 0.29) is 0 Å². The number of hydrogen-bond donors (Lipinski definition) is 2. The highest BCUT2D eigenvalue weighted by Crippen LogP contribution is 2.18. The lowest BCUT2D eigenvalue weighted by atomic mass is 10.0. The number of hydrogen-bond acceptors (Lipinski definition) is 3. The zero-order valence-electron chi connectivity index (χ0n) is 8.84. The largest absolute Gasteiger partial charge is 0.479 e. The third-order valence-corrected chi connectivity index (χ3v) is 2.15. The third kappa shape index (κ3) is 2.80. The Morgan fingerprint density at radius 3 is 2.81 bits per heavy atom. The van der Waals surface area contributed by atoms with Crippen LogP contribution in [0.2, 0.25) is 0 Å². The number of amides is 1. The highest BCUT2D eigenvalue weighted by molar-refractivity contribution is 5.78. The van der Waals surface area contributed by atoms with Gasteiger partial charge in [0, 0.05) is 7.11 Å². The Hall–Kier alpha value is -1.88. The molecule has 0 fully saturated rings. The van der Waals surface area contributed by atoms with Gasteiger partial charge in [-0.05, 0) is 11.1 Å². The topological polar surface area (TPSA) is 75.6 Å². The lowest BCUT2D eigenvalue weighted by Crippen LogP contribution is -2.28. The first-order chi connectivity index (χ1) is 7.70. The van der Waals surface area contributed by atoms with Gasteiger partial charge in [-0.25, -0.2) is 4.79 Å². The van der Waals surface area contributed by atoms with Gasteiger partial charge in [0.25, 0.3) is 0 Å². The maximum Gasteiger partial charge on any atom is 0.330 e. The van der Waals surface area contributed by atoms with Crippen LogP contribution in [-0.2, 0) is 20.9 Å². The lowest BCUT2D eigenvalue weighted by Gasteiger charge is -2.15. The number of ether oxygens (including phenoxy) is 1. The van der Waals surface area contributed by atoms with Gasteiger partial charge in [-0.15, -0.1) is 0 Å². The predicted octanol–water partition coefficient (Wildman–Crippen LogP) is 0.705. The fraction of sp³-hybridized carbons (Fsp3) is 0.273. The van der Waals surface area contributed by atoms with Crippen LogP contribution < -0.4 is 5.32 Å². The van der Waals surface area contributed by atoms with Crippen molar-refractivity contribution >= 4 is 12.4 Å². The van der Waals surface area contributed by atoms with Crippen molar-refractivity contribution in [2.75, 3.05) is 7.11 Å². The summed E-state index contributed by atoms with van der Waals surface area (Å²) in [4.78, 5) is 21.3. The average Bonchev–Trinajstić information content (AvgIpc) is 2.27. The molecule has 16 heavy (non-hydrogen) atoms. The van der Waals surface area contributed by atoms with Crippen LogP contribution in [0.25, 0.3) is 0 Å². The Balaban J connectivity index is 3.06.